The maximum atomic E-state index is 13.7. The van der Waals surface area contributed by atoms with Gasteiger partial charge >= 0.3 is 0 Å². The minimum Gasteiger partial charge on any atom is -0.494 e. The lowest BCUT2D eigenvalue weighted by molar-refractivity contribution is 0.0994. The molecular weight excluding hydrogens is 759 g/mol. The largest absolute Gasteiger partial charge is 0.494 e. The zero-order valence-corrected chi connectivity index (χ0v) is 33.9. The molecular formula is C40H49N13O6. The number of hydrogen-bond acceptors (Lipinski definition) is 12. The van der Waals surface area contributed by atoms with Crippen molar-refractivity contribution >= 4 is 58.0 Å². The lowest BCUT2D eigenvalue weighted by atomic mass is 10.1. The molecule has 4 heterocycles. The molecule has 2 aromatic carbocycles. The molecule has 0 fully saturated rings. The van der Waals surface area contributed by atoms with Gasteiger partial charge in [-0.25, -0.2) is 9.97 Å². The number of imidazole rings is 2. The number of ether oxygens (including phenoxy) is 2. The van der Waals surface area contributed by atoms with Crippen molar-refractivity contribution in [2.24, 2.45) is 17.2 Å². The second-order valence-corrected chi connectivity index (χ2v) is 12.9. The molecule has 0 atom stereocenters. The van der Waals surface area contributed by atoms with Gasteiger partial charge in [0.2, 0.25) is 17.8 Å². The first kappa shape index (κ1) is 43.0. The number of carbonyl (C=O) groups excluding carboxylic acids is 4. The van der Waals surface area contributed by atoms with Gasteiger partial charge in [0.15, 0.2) is 0 Å². The van der Waals surface area contributed by atoms with Gasteiger partial charge in [0, 0.05) is 43.9 Å². The van der Waals surface area contributed by atoms with E-state index >= 15 is 0 Å². The maximum Gasteiger partial charge on any atom is 0.276 e. The molecule has 0 aliphatic heterocycles. The Morgan fingerprint density at radius 3 is 1.75 bits per heavy atom. The van der Waals surface area contributed by atoms with Crippen molar-refractivity contribution in [3.8, 4) is 11.5 Å². The Bertz CT molecular complexity index is 2560. The molecule has 310 valence electrons. The number of allylic oxidation sites excluding steroid dienone is 2. The number of hydrogen-bond donors (Lipinski definition) is 5. The zero-order chi connectivity index (χ0) is 42.8. The number of aromatic nitrogens is 8. The summed E-state index contributed by atoms with van der Waals surface area (Å²) in [6.45, 7) is 9.16. The number of nitrogens with one attached hydrogen (secondary N) is 2. The van der Waals surface area contributed by atoms with E-state index in [1.807, 2.05) is 26.0 Å². The van der Waals surface area contributed by atoms with E-state index < -0.39 is 17.7 Å². The number of methoxy groups -OCH3 is 1. The summed E-state index contributed by atoms with van der Waals surface area (Å²) in [5.41, 5.74) is 20.2. The molecule has 0 saturated carbocycles. The van der Waals surface area contributed by atoms with Crippen LogP contribution in [0, 0.1) is 13.8 Å². The fourth-order valence-electron chi connectivity index (χ4n) is 6.43. The van der Waals surface area contributed by atoms with Crippen LogP contribution in [0.3, 0.4) is 0 Å². The van der Waals surface area contributed by atoms with Gasteiger partial charge in [0.05, 0.1) is 29.5 Å². The summed E-state index contributed by atoms with van der Waals surface area (Å²) in [6, 6.07) is 9.66. The Hall–Kier alpha value is -7.12. The summed E-state index contributed by atoms with van der Waals surface area (Å²) < 4.78 is 18.5. The van der Waals surface area contributed by atoms with E-state index in [1.54, 1.807) is 68.8 Å². The Morgan fingerprint density at radius 1 is 0.746 bits per heavy atom. The number of nitrogens with zero attached hydrogens (tertiary/aromatic N) is 8. The number of fused-ring (bicyclic) bond motifs is 2. The molecule has 4 aromatic heterocycles. The summed E-state index contributed by atoms with van der Waals surface area (Å²) in [6.07, 6.45) is 7.87. The molecule has 6 rings (SSSR count). The van der Waals surface area contributed by atoms with Gasteiger partial charge in [-0.2, -0.15) is 10.2 Å². The molecule has 0 aliphatic rings. The second kappa shape index (κ2) is 19.4. The third-order valence-electron chi connectivity index (χ3n) is 8.98. The number of benzene rings is 2. The van der Waals surface area contributed by atoms with Crippen LogP contribution in [0.15, 0.2) is 60.7 Å². The number of rotatable bonds is 17. The Kier molecular flexibility index (Phi) is 14.1. The Balaban J connectivity index is 0.00000326. The summed E-state index contributed by atoms with van der Waals surface area (Å²) in [7, 11) is 2.99. The molecule has 6 aromatic rings. The molecule has 59 heavy (non-hydrogen) atoms. The van der Waals surface area contributed by atoms with Crippen LogP contribution in [0.4, 0.5) is 11.9 Å². The van der Waals surface area contributed by atoms with Crippen LogP contribution in [-0.4, -0.2) is 90.0 Å². The van der Waals surface area contributed by atoms with Crippen LogP contribution in [-0.2, 0) is 26.2 Å². The highest BCUT2D eigenvalue weighted by atomic mass is 16.5. The summed E-state index contributed by atoms with van der Waals surface area (Å²) in [5.74, 6) is -0.449. The zero-order valence-electron chi connectivity index (χ0n) is 33.9. The van der Waals surface area contributed by atoms with Crippen molar-refractivity contribution in [3.63, 3.8) is 0 Å². The fraction of sp³-hybridized carbons (Fsp3) is 0.300. The number of aldehydes is 1. The fourth-order valence-corrected chi connectivity index (χ4v) is 6.43. The van der Waals surface area contributed by atoms with E-state index in [9.17, 15) is 19.2 Å². The van der Waals surface area contributed by atoms with Gasteiger partial charge in [-0.3, -0.25) is 39.2 Å². The molecule has 3 amide bonds. The predicted octanol–water partition coefficient (Wildman–Crippen LogP) is 3.59. The number of amides is 3. The molecule has 19 nitrogen and oxygen atoms in total. The van der Waals surface area contributed by atoms with Crippen molar-refractivity contribution in [2.45, 2.75) is 53.9 Å². The summed E-state index contributed by atoms with van der Waals surface area (Å²) in [4.78, 5) is 60.8. The monoisotopic (exact) mass is 807 g/mol. The lowest BCUT2D eigenvalue weighted by Crippen LogP contribution is -2.20. The van der Waals surface area contributed by atoms with Gasteiger partial charge < -0.3 is 35.8 Å². The minimum absolute atomic E-state index is 0.140. The van der Waals surface area contributed by atoms with Crippen molar-refractivity contribution in [1.82, 2.24) is 38.7 Å². The highest BCUT2D eigenvalue weighted by Gasteiger charge is 2.23. The van der Waals surface area contributed by atoms with E-state index in [0.29, 0.717) is 87.8 Å². The third-order valence-corrected chi connectivity index (χ3v) is 8.98. The molecule has 0 unspecified atom stereocenters. The molecule has 8 N–H and O–H groups in total. The smallest absolute Gasteiger partial charge is 0.276 e. The average Bonchev–Trinajstić information content (AvgIpc) is 4.00. The van der Waals surface area contributed by atoms with Crippen molar-refractivity contribution in [1.29, 1.82) is 0 Å². The molecule has 0 aliphatic carbocycles. The predicted molar refractivity (Wildman–Crippen MR) is 224 cm³/mol. The standard InChI is InChI=1S/C39H44N12O6.CH5N/c1-6-50-29(16-23(3)46-50)36(54)44-38-42-27-18-25(22-52)19-31(56-5)33(27)48(38)13-9-10-14-49-34-28(20-26(35(41)53)21-32(34)57-15-11-8-12-40)43-39(49)45-37(55)30-17-24(4)47-51(30)7-2;1-2/h8-11,16-22H,6-7,12-15,40H2,1-5H3,(H2,41,53)(H,42,44,54)(H,43,45,55);2H2,1H3/b10-9+,11-8+;. The van der Waals surface area contributed by atoms with Gasteiger partial charge in [-0.15, -0.1) is 0 Å². The SMILES string of the molecule is CCn1nc(C)cc1C(=O)Nc1nc2cc(C=O)cc(OC)c2n1C/C=C/Cn1c(NC(=O)c2cc(C)nn2CC)nc2cc(C(N)=O)cc(OC/C=C/CN)c21.CN. The van der Waals surface area contributed by atoms with Gasteiger partial charge in [-0.1, -0.05) is 24.3 Å². The molecule has 0 bridgehead atoms. The summed E-state index contributed by atoms with van der Waals surface area (Å²) >= 11 is 0. The summed E-state index contributed by atoms with van der Waals surface area (Å²) in [5, 5.41) is 14.6. The van der Waals surface area contributed by atoms with Crippen LogP contribution in [0.2, 0.25) is 0 Å². The molecule has 0 radical (unpaired) electrons. The quantitative estimate of drug-likeness (QED) is 0.0655. The van der Waals surface area contributed by atoms with Crippen LogP contribution < -0.4 is 37.3 Å². The maximum absolute atomic E-state index is 13.7. The third kappa shape index (κ3) is 9.37. The first-order valence-corrected chi connectivity index (χ1v) is 18.8. The van der Waals surface area contributed by atoms with Crippen LogP contribution in [0.1, 0.15) is 66.9 Å². The second-order valence-electron chi connectivity index (χ2n) is 12.9. The number of anilines is 2. The number of primary amides is 1. The topological polar surface area (TPSA) is 260 Å². The van der Waals surface area contributed by atoms with E-state index in [2.05, 4.69) is 31.5 Å². The molecule has 0 spiro atoms. The van der Waals surface area contributed by atoms with E-state index in [-0.39, 0.29) is 37.2 Å². The Labute approximate surface area is 339 Å². The van der Waals surface area contributed by atoms with Crippen molar-refractivity contribution in [2.75, 3.05) is 37.9 Å². The van der Waals surface area contributed by atoms with E-state index in [1.165, 1.54) is 26.3 Å². The Morgan fingerprint density at radius 2 is 1.27 bits per heavy atom. The van der Waals surface area contributed by atoms with Crippen LogP contribution in [0.5, 0.6) is 11.5 Å². The average molecular weight is 808 g/mol. The van der Waals surface area contributed by atoms with Crippen LogP contribution in [0.25, 0.3) is 22.1 Å². The normalized spacial score (nSPS) is 11.3. The molecule has 0 saturated heterocycles. The van der Waals surface area contributed by atoms with Crippen molar-refractivity contribution < 1.29 is 28.7 Å². The number of nitrogens with two attached hydrogens (primary N) is 3. The highest BCUT2D eigenvalue weighted by Crippen LogP contribution is 2.33. The number of carbonyl (C=O) groups is 4. The van der Waals surface area contributed by atoms with Gasteiger partial charge in [-0.05, 0) is 71.1 Å². The van der Waals surface area contributed by atoms with Gasteiger partial charge in [0.25, 0.3) is 11.8 Å². The van der Waals surface area contributed by atoms with Crippen LogP contribution >= 0.6 is 0 Å². The number of aryl methyl sites for hydroxylation is 4. The van der Waals surface area contributed by atoms with Gasteiger partial charge in [0.1, 0.15) is 46.8 Å². The lowest BCUT2D eigenvalue weighted by Gasteiger charge is -2.13. The van der Waals surface area contributed by atoms with E-state index in [4.69, 9.17) is 25.9 Å². The first-order chi connectivity index (χ1) is 28.5. The highest BCUT2D eigenvalue weighted by molar-refractivity contribution is 6.05. The first-order valence-electron chi connectivity index (χ1n) is 18.8. The molecule has 19 heteroatoms. The van der Waals surface area contributed by atoms with Crippen molar-refractivity contribution in [3.05, 3.63) is 94.6 Å². The minimum atomic E-state index is -0.679. The van der Waals surface area contributed by atoms with E-state index in [0.717, 1.165) is 0 Å².